The van der Waals surface area contributed by atoms with E-state index in [1.165, 1.54) is 25.7 Å². The maximum Gasteiger partial charge on any atom is 0.156 e. The Morgan fingerprint density at radius 3 is 2.76 bits per heavy atom. The van der Waals surface area contributed by atoms with E-state index in [0.717, 1.165) is 47.7 Å². The lowest BCUT2D eigenvalue weighted by Gasteiger charge is -2.26. The fourth-order valence-corrected chi connectivity index (χ4v) is 4.77. The van der Waals surface area contributed by atoms with E-state index < -0.39 is 0 Å². The highest BCUT2D eigenvalue weighted by Crippen LogP contribution is 2.28. The minimum Gasteiger partial charge on any atom is -0.295 e. The van der Waals surface area contributed by atoms with Gasteiger partial charge in [-0.3, -0.25) is 9.88 Å². The molecule has 0 amide bonds. The molecule has 1 fully saturated rings. The number of halogens is 1. The van der Waals surface area contributed by atoms with Crippen LogP contribution in [0.1, 0.15) is 50.9 Å². The molecule has 1 aromatic carbocycles. The van der Waals surface area contributed by atoms with Crippen LogP contribution in [0.25, 0.3) is 28.0 Å². The van der Waals surface area contributed by atoms with E-state index >= 15 is 4.39 Å². The molecule has 1 saturated heterocycles. The van der Waals surface area contributed by atoms with Crippen LogP contribution in [-0.2, 0) is 13.0 Å². The molecule has 5 nitrogen and oxygen atoms in total. The second kappa shape index (κ2) is 9.40. The molecular formula is C27H30FN5. The highest BCUT2D eigenvalue weighted by Gasteiger charge is 2.19. The average Bonchev–Trinajstić information content (AvgIpc) is 3.16. The number of nitrogens with zero attached hydrogens (tertiary/aromatic N) is 5. The lowest BCUT2D eigenvalue weighted by Crippen LogP contribution is -2.32. The largest absolute Gasteiger partial charge is 0.295 e. The van der Waals surface area contributed by atoms with Gasteiger partial charge in [0.25, 0.3) is 0 Å². The zero-order chi connectivity index (χ0) is 22.8. The van der Waals surface area contributed by atoms with E-state index in [-0.39, 0.29) is 5.82 Å². The number of likely N-dealkylation sites (tertiary alicyclic amines) is 1. The third-order valence-corrected chi connectivity index (χ3v) is 6.71. The lowest BCUT2D eigenvalue weighted by atomic mass is 10.0. The van der Waals surface area contributed by atoms with Crippen LogP contribution >= 0.6 is 0 Å². The summed E-state index contributed by atoms with van der Waals surface area (Å²) in [6.45, 7) is 6.41. The zero-order valence-electron chi connectivity index (χ0n) is 19.3. The maximum absolute atomic E-state index is 15.1. The first-order valence-electron chi connectivity index (χ1n) is 12.0. The number of pyridine rings is 1. The minimum atomic E-state index is -0.295. The van der Waals surface area contributed by atoms with Crippen LogP contribution in [-0.4, -0.2) is 37.1 Å². The van der Waals surface area contributed by atoms with Crippen molar-refractivity contribution in [3.8, 4) is 22.4 Å². The van der Waals surface area contributed by atoms with Gasteiger partial charge in [0.05, 0.1) is 11.4 Å². The van der Waals surface area contributed by atoms with E-state index in [1.54, 1.807) is 24.5 Å². The van der Waals surface area contributed by atoms with Gasteiger partial charge in [-0.25, -0.2) is 13.9 Å². The Morgan fingerprint density at radius 1 is 1.06 bits per heavy atom. The normalized spacial score (nSPS) is 17.4. The number of fused-ring (bicyclic) bond motifs is 1. The van der Waals surface area contributed by atoms with Crippen LogP contribution in [0.2, 0.25) is 0 Å². The summed E-state index contributed by atoms with van der Waals surface area (Å²) in [5, 5.41) is 4.72. The van der Waals surface area contributed by atoms with Crippen LogP contribution in [0.4, 0.5) is 4.39 Å². The van der Waals surface area contributed by atoms with Crippen LogP contribution in [0, 0.1) is 5.82 Å². The molecule has 4 heterocycles. The summed E-state index contributed by atoms with van der Waals surface area (Å²) >= 11 is 0. The smallest absolute Gasteiger partial charge is 0.156 e. The van der Waals surface area contributed by atoms with Crippen LogP contribution in [0.5, 0.6) is 0 Å². The Morgan fingerprint density at radius 2 is 1.97 bits per heavy atom. The molecule has 4 aromatic rings. The predicted molar refractivity (Wildman–Crippen MR) is 129 cm³/mol. The van der Waals surface area contributed by atoms with Crippen molar-refractivity contribution < 1.29 is 4.39 Å². The Balaban J connectivity index is 1.48. The van der Waals surface area contributed by atoms with Crippen molar-refractivity contribution in [2.75, 3.05) is 6.54 Å². The fraction of sp³-hybridized carbons (Fsp3) is 0.370. The van der Waals surface area contributed by atoms with E-state index in [0.29, 0.717) is 17.3 Å². The average molecular weight is 444 g/mol. The third kappa shape index (κ3) is 4.53. The molecule has 0 spiro atoms. The van der Waals surface area contributed by atoms with E-state index in [1.807, 2.05) is 28.8 Å². The molecule has 0 saturated carbocycles. The summed E-state index contributed by atoms with van der Waals surface area (Å²) in [4.78, 5) is 11.6. The van der Waals surface area contributed by atoms with E-state index in [4.69, 9.17) is 10.1 Å². The van der Waals surface area contributed by atoms with Gasteiger partial charge in [0.2, 0.25) is 0 Å². The van der Waals surface area contributed by atoms with Crippen molar-refractivity contribution in [3.63, 3.8) is 0 Å². The topological polar surface area (TPSA) is 46.3 Å². The Hall–Kier alpha value is -3.12. The van der Waals surface area contributed by atoms with Gasteiger partial charge in [-0.2, -0.15) is 5.10 Å². The monoisotopic (exact) mass is 443 g/mol. The van der Waals surface area contributed by atoms with Crippen molar-refractivity contribution in [1.29, 1.82) is 0 Å². The van der Waals surface area contributed by atoms with Crippen molar-refractivity contribution in [3.05, 3.63) is 72.1 Å². The molecule has 3 aromatic heterocycles. The number of benzene rings is 1. The first-order valence-corrected chi connectivity index (χ1v) is 12.0. The van der Waals surface area contributed by atoms with Crippen LogP contribution in [0.3, 0.4) is 0 Å². The summed E-state index contributed by atoms with van der Waals surface area (Å²) in [6, 6.07) is 13.7. The van der Waals surface area contributed by atoms with Gasteiger partial charge in [0.15, 0.2) is 5.65 Å². The SMILES string of the molecule is CCc1cc(CN2CCCCCC2C)nc2cc(-c3ccc(-c4cccnc4)cc3F)nn12. The van der Waals surface area contributed by atoms with Gasteiger partial charge in [-0.05, 0) is 62.6 Å². The molecule has 6 heteroatoms. The molecule has 0 N–H and O–H groups in total. The predicted octanol–water partition coefficient (Wildman–Crippen LogP) is 5.92. The quantitative estimate of drug-likeness (QED) is 0.384. The first-order chi connectivity index (χ1) is 16.1. The Kier molecular flexibility index (Phi) is 6.18. The number of hydrogen-bond donors (Lipinski definition) is 0. The van der Waals surface area contributed by atoms with Crippen molar-refractivity contribution in [2.45, 2.75) is 58.5 Å². The molecule has 0 aliphatic carbocycles. The first kappa shape index (κ1) is 21.7. The molecule has 1 unspecified atom stereocenters. The van der Waals surface area contributed by atoms with Crippen molar-refractivity contribution in [1.82, 2.24) is 24.5 Å². The van der Waals surface area contributed by atoms with Crippen molar-refractivity contribution in [2.24, 2.45) is 0 Å². The van der Waals surface area contributed by atoms with Crippen molar-refractivity contribution >= 4 is 5.65 Å². The van der Waals surface area contributed by atoms with Gasteiger partial charge >= 0.3 is 0 Å². The Bertz CT molecular complexity index is 1250. The summed E-state index contributed by atoms with van der Waals surface area (Å²) < 4.78 is 17.0. The Labute approximate surface area is 194 Å². The summed E-state index contributed by atoms with van der Waals surface area (Å²) in [5.41, 5.74) is 5.71. The van der Waals surface area contributed by atoms with Gasteiger partial charge in [-0.1, -0.05) is 31.9 Å². The van der Waals surface area contributed by atoms with Crippen LogP contribution < -0.4 is 0 Å². The molecule has 5 rings (SSSR count). The maximum atomic E-state index is 15.1. The molecule has 33 heavy (non-hydrogen) atoms. The highest BCUT2D eigenvalue weighted by molar-refractivity contribution is 5.70. The molecular weight excluding hydrogens is 413 g/mol. The van der Waals surface area contributed by atoms with E-state index in [9.17, 15) is 0 Å². The lowest BCUT2D eigenvalue weighted by molar-refractivity contribution is 0.202. The van der Waals surface area contributed by atoms with E-state index in [2.05, 4.69) is 29.8 Å². The number of aromatic nitrogens is 4. The summed E-state index contributed by atoms with van der Waals surface area (Å²) in [5.74, 6) is -0.295. The van der Waals surface area contributed by atoms with Gasteiger partial charge < -0.3 is 0 Å². The second-order valence-electron chi connectivity index (χ2n) is 9.00. The number of hydrogen-bond acceptors (Lipinski definition) is 4. The fourth-order valence-electron chi connectivity index (χ4n) is 4.77. The summed E-state index contributed by atoms with van der Waals surface area (Å²) in [6.07, 6.45) is 9.40. The zero-order valence-corrected chi connectivity index (χ0v) is 19.3. The number of rotatable bonds is 5. The standard InChI is InChI=1S/C27H30FN5/c1-3-23-15-22(18-32-13-6-4-5-8-19(32)2)30-27-16-26(31-33(23)27)24-11-10-20(14-25(24)28)21-9-7-12-29-17-21/h7,9-12,14-17,19H,3-6,8,13,18H2,1-2H3. The molecule has 0 radical (unpaired) electrons. The van der Waals surface area contributed by atoms with Crippen LogP contribution in [0.15, 0.2) is 54.9 Å². The number of aryl methyl sites for hydroxylation is 1. The molecule has 0 bridgehead atoms. The molecule has 1 atom stereocenters. The molecule has 170 valence electrons. The molecule has 1 aliphatic rings. The van der Waals surface area contributed by atoms with Gasteiger partial charge in [0.1, 0.15) is 5.82 Å². The molecule has 1 aliphatic heterocycles. The van der Waals surface area contributed by atoms with Gasteiger partial charge in [-0.15, -0.1) is 0 Å². The minimum absolute atomic E-state index is 0.295. The second-order valence-corrected chi connectivity index (χ2v) is 9.00. The highest BCUT2D eigenvalue weighted by atomic mass is 19.1. The third-order valence-electron chi connectivity index (χ3n) is 6.71. The van der Waals surface area contributed by atoms with Gasteiger partial charge in [0, 0.05) is 47.9 Å². The summed E-state index contributed by atoms with van der Waals surface area (Å²) in [7, 11) is 0.